The van der Waals surface area contributed by atoms with Gasteiger partial charge in [-0.25, -0.2) is 4.39 Å². The lowest BCUT2D eigenvalue weighted by Gasteiger charge is -2.10. The van der Waals surface area contributed by atoms with Crippen molar-refractivity contribution in [2.45, 2.75) is 6.36 Å². The van der Waals surface area contributed by atoms with E-state index in [4.69, 9.17) is 11.6 Å². The molecule has 0 saturated carbocycles. The van der Waals surface area contributed by atoms with E-state index in [1.165, 1.54) is 0 Å². The van der Waals surface area contributed by atoms with E-state index in [1.807, 2.05) is 0 Å². The van der Waals surface area contributed by atoms with E-state index in [0.29, 0.717) is 0 Å². The third kappa shape index (κ3) is 2.75. The van der Waals surface area contributed by atoms with Gasteiger partial charge in [-0.1, -0.05) is 11.6 Å². The van der Waals surface area contributed by atoms with Gasteiger partial charge in [-0.3, -0.25) is 0 Å². The summed E-state index contributed by atoms with van der Waals surface area (Å²) in [5.74, 6) is -1.76. The summed E-state index contributed by atoms with van der Waals surface area (Å²) in [6.45, 7) is 0. The first kappa shape index (κ1) is 11.6. The van der Waals surface area contributed by atoms with Crippen LogP contribution in [0.3, 0.4) is 0 Å². The van der Waals surface area contributed by atoms with Crippen molar-refractivity contribution >= 4 is 27.5 Å². The zero-order valence-corrected chi connectivity index (χ0v) is 8.67. The minimum absolute atomic E-state index is 0.0305. The maximum absolute atomic E-state index is 12.9. The predicted molar refractivity (Wildman–Crippen MR) is 45.8 cm³/mol. The van der Waals surface area contributed by atoms with E-state index in [1.54, 1.807) is 0 Å². The first-order valence-electron chi connectivity index (χ1n) is 3.20. The molecule has 7 heteroatoms. The maximum atomic E-state index is 12.9. The van der Waals surface area contributed by atoms with Gasteiger partial charge in [0, 0.05) is 0 Å². The first-order valence-corrected chi connectivity index (χ1v) is 4.37. The summed E-state index contributed by atoms with van der Waals surface area (Å²) in [4.78, 5) is 0. The fourth-order valence-corrected chi connectivity index (χ4v) is 1.36. The molecule has 0 unspecified atom stereocenters. The molecule has 1 nitrogen and oxygen atoms in total. The molecule has 0 amide bonds. The minimum Gasteiger partial charge on any atom is -0.404 e. The molecule has 0 spiro atoms. The van der Waals surface area contributed by atoms with Crippen molar-refractivity contribution in [3.05, 3.63) is 27.4 Å². The highest BCUT2D eigenvalue weighted by Gasteiger charge is 2.32. The molecular formula is C7H2BrClF4O. The Hall–Kier alpha value is -0.490. The van der Waals surface area contributed by atoms with Crippen molar-refractivity contribution < 1.29 is 22.3 Å². The van der Waals surface area contributed by atoms with Gasteiger partial charge in [-0.05, 0) is 28.1 Å². The second-order valence-corrected chi connectivity index (χ2v) is 3.45. The smallest absolute Gasteiger partial charge is 0.404 e. The Morgan fingerprint density at radius 2 is 1.86 bits per heavy atom. The van der Waals surface area contributed by atoms with Gasteiger partial charge in [0.05, 0.1) is 4.47 Å². The normalized spacial score (nSPS) is 11.6. The summed E-state index contributed by atoms with van der Waals surface area (Å²) in [6.07, 6.45) is -4.89. The molecule has 1 aromatic carbocycles. The third-order valence-electron chi connectivity index (χ3n) is 1.23. The van der Waals surface area contributed by atoms with Gasteiger partial charge < -0.3 is 4.74 Å². The first-order chi connectivity index (χ1) is 6.31. The fraction of sp³-hybridized carbons (Fsp3) is 0.143. The Balaban J connectivity index is 3.06. The van der Waals surface area contributed by atoms with E-state index in [9.17, 15) is 17.6 Å². The second kappa shape index (κ2) is 3.94. The Bertz CT molecular complexity index is 352. The van der Waals surface area contributed by atoms with Crippen molar-refractivity contribution in [3.8, 4) is 5.75 Å². The van der Waals surface area contributed by atoms with Crippen LogP contribution < -0.4 is 4.74 Å². The molecule has 0 saturated heterocycles. The molecule has 0 aliphatic rings. The Kier molecular flexibility index (Phi) is 3.26. The van der Waals surface area contributed by atoms with Crippen LogP contribution in [0.25, 0.3) is 0 Å². The molecule has 0 N–H and O–H groups in total. The lowest BCUT2D eigenvalue weighted by Crippen LogP contribution is -2.17. The second-order valence-electron chi connectivity index (χ2n) is 2.22. The Morgan fingerprint density at radius 1 is 1.29 bits per heavy atom. The zero-order chi connectivity index (χ0) is 10.9. The van der Waals surface area contributed by atoms with Crippen molar-refractivity contribution in [1.82, 2.24) is 0 Å². The topological polar surface area (TPSA) is 9.23 Å². The summed E-state index contributed by atoms with van der Waals surface area (Å²) in [6, 6.07) is 1.99. The maximum Gasteiger partial charge on any atom is 0.573 e. The standard InChI is InChI=1S/C7H2BrClF4O/c8-3-1-2-4(5(9)6(3)10)14-7(11,12)13/h1-2H. The molecule has 0 bridgehead atoms. The zero-order valence-electron chi connectivity index (χ0n) is 6.33. The highest BCUT2D eigenvalue weighted by Crippen LogP contribution is 2.34. The molecule has 1 aromatic rings. The number of rotatable bonds is 1. The molecule has 0 aromatic heterocycles. The lowest BCUT2D eigenvalue weighted by molar-refractivity contribution is -0.274. The molecule has 1 rings (SSSR count). The van der Waals surface area contributed by atoms with Crippen LogP contribution in [0.4, 0.5) is 17.6 Å². The highest BCUT2D eigenvalue weighted by molar-refractivity contribution is 9.10. The predicted octanol–water partition coefficient (Wildman–Crippen LogP) is 4.14. The van der Waals surface area contributed by atoms with Crippen LogP contribution in [0, 0.1) is 5.82 Å². The number of hydrogen-bond donors (Lipinski definition) is 0. The molecule has 78 valence electrons. The summed E-state index contributed by atoms with van der Waals surface area (Å²) >= 11 is 8.04. The van der Waals surface area contributed by atoms with E-state index in [0.717, 1.165) is 12.1 Å². The van der Waals surface area contributed by atoms with Gasteiger partial charge in [0.25, 0.3) is 0 Å². The van der Waals surface area contributed by atoms with Gasteiger partial charge in [-0.15, -0.1) is 13.2 Å². The molecule has 14 heavy (non-hydrogen) atoms. The average molecular weight is 293 g/mol. The van der Waals surface area contributed by atoms with Crippen LogP contribution >= 0.6 is 27.5 Å². The average Bonchev–Trinajstić information content (AvgIpc) is 2.04. The number of benzene rings is 1. The monoisotopic (exact) mass is 292 g/mol. The van der Waals surface area contributed by atoms with E-state index >= 15 is 0 Å². The van der Waals surface area contributed by atoms with Gasteiger partial charge in [0.1, 0.15) is 5.02 Å². The van der Waals surface area contributed by atoms with E-state index < -0.39 is 23.0 Å². The summed E-state index contributed by atoms with van der Waals surface area (Å²) in [5, 5.41) is -0.711. The molecule has 0 aliphatic carbocycles. The van der Waals surface area contributed by atoms with Crippen LogP contribution in [-0.2, 0) is 0 Å². The molecular weight excluding hydrogens is 291 g/mol. The van der Waals surface area contributed by atoms with Gasteiger partial charge in [0.15, 0.2) is 11.6 Å². The molecule has 0 fully saturated rings. The minimum atomic E-state index is -4.89. The SMILES string of the molecule is Fc1c(Br)ccc(OC(F)(F)F)c1Cl. The largest absolute Gasteiger partial charge is 0.573 e. The van der Waals surface area contributed by atoms with Crippen LogP contribution in [0.2, 0.25) is 5.02 Å². The fourth-order valence-electron chi connectivity index (χ4n) is 0.712. The molecule has 0 heterocycles. The number of halogens is 6. The summed E-state index contributed by atoms with van der Waals surface area (Å²) in [7, 11) is 0. The van der Waals surface area contributed by atoms with Gasteiger partial charge in [-0.2, -0.15) is 0 Å². The van der Waals surface area contributed by atoms with Crippen molar-refractivity contribution in [2.75, 3.05) is 0 Å². The number of ether oxygens (including phenoxy) is 1. The molecule has 0 aliphatic heterocycles. The van der Waals surface area contributed by atoms with Crippen molar-refractivity contribution in [2.24, 2.45) is 0 Å². The molecule has 0 atom stereocenters. The Morgan fingerprint density at radius 3 is 2.36 bits per heavy atom. The third-order valence-corrected chi connectivity index (χ3v) is 2.19. The van der Waals surface area contributed by atoms with Gasteiger partial charge >= 0.3 is 6.36 Å². The Labute approximate surface area is 89.7 Å². The van der Waals surface area contributed by atoms with Crippen LogP contribution in [0.1, 0.15) is 0 Å². The highest BCUT2D eigenvalue weighted by atomic mass is 79.9. The summed E-state index contributed by atoms with van der Waals surface area (Å²) in [5.41, 5.74) is 0. The van der Waals surface area contributed by atoms with Crippen LogP contribution in [-0.4, -0.2) is 6.36 Å². The van der Waals surface area contributed by atoms with E-state index in [2.05, 4.69) is 20.7 Å². The van der Waals surface area contributed by atoms with Crippen molar-refractivity contribution in [3.63, 3.8) is 0 Å². The van der Waals surface area contributed by atoms with E-state index in [-0.39, 0.29) is 4.47 Å². The number of alkyl halides is 3. The van der Waals surface area contributed by atoms with Gasteiger partial charge in [0.2, 0.25) is 0 Å². The summed E-state index contributed by atoms with van der Waals surface area (Å²) < 4.78 is 51.6. The quantitative estimate of drug-likeness (QED) is 0.558. The van der Waals surface area contributed by atoms with Crippen LogP contribution in [0.15, 0.2) is 16.6 Å². The van der Waals surface area contributed by atoms with Crippen molar-refractivity contribution in [1.29, 1.82) is 0 Å². The number of hydrogen-bond acceptors (Lipinski definition) is 1. The van der Waals surface area contributed by atoms with Crippen LogP contribution in [0.5, 0.6) is 5.75 Å². The lowest BCUT2D eigenvalue weighted by atomic mass is 10.3. The molecule has 0 radical (unpaired) electrons.